The molecule has 0 spiro atoms. The van der Waals surface area contributed by atoms with Crippen LogP contribution in [0, 0.1) is 6.92 Å². The fourth-order valence-electron chi connectivity index (χ4n) is 4.74. The van der Waals surface area contributed by atoms with Gasteiger partial charge < -0.3 is 9.64 Å². The van der Waals surface area contributed by atoms with E-state index in [-0.39, 0.29) is 18.1 Å². The third-order valence-corrected chi connectivity index (χ3v) is 9.87. The molecule has 3 aromatic heterocycles. The Bertz CT molecular complexity index is 1560. The zero-order valence-electron chi connectivity index (χ0n) is 22.0. The molecule has 1 aromatic carbocycles. The van der Waals surface area contributed by atoms with Crippen LogP contribution in [0.5, 0.6) is 5.75 Å². The van der Waals surface area contributed by atoms with E-state index in [1.165, 1.54) is 17.6 Å². The Morgan fingerprint density at radius 2 is 1.88 bits per heavy atom. The second kappa shape index (κ2) is 12.3. The predicted octanol–water partition coefficient (Wildman–Crippen LogP) is 5.22. The number of rotatable bonds is 8. The molecule has 0 unspecified atom stereocenters. The highest BCUT2D eigenvalue weighted by Gasteiger charge is 2.28. The molecule has 1 N–H and O–H groups in total. The summed E-state index contributed by atoms with van der Waals surface area (Å²) in [5.41, 5.74) is 2.35. The Kier molecular flexibility index (Phi) is 8.77. The molecular formula is C28H28ClN5O3S3. The maximum atomic E-state index is 12.5. The van der Waals surface area contributed by atoms with E-state index in [0.717, 1.165) is 56.5 Å². The Balaban J connectivity index is 0.00000323. The number of anilines is 1. The lowest BCUT2D eigenvalue weighted by atomic mass is 10.1. The first kappa shape index (κ1) is 28.6. The number of nitrogens with one attached hydrogen (secondary N) is 1. The number of hydrogen-bond donors (Lipinski definition) is 1. The van der Waals surface area contributed by atoms with Gasteiger partial charge in [-0.25, -0.2) is 9.97 Å². The predicted molar refractivity (Wildman–Crippen MR) is 167 cm³/mol. The first-order chi connectivity index (χ1) is 19.0. The van der Waals surface area contributed by atoms with Gasteiger partial charge in [-0.1, -0.05) is 6.07 Å². The van der Waals surface area contributed by atoms with Gasteiger partial charge in [0, 0.05) is 49.1 Å². The van der Waals surface area contributed by atoms with Gasteiger partial charge in [-0.15, -0.1) is 35.1 Å². The Morgan fingerprint density at radius 3 is 2.55 bits per heavy atom. The van der Waals surface area contributed by atoms with Crippen molar-refractivity contribution in [2.75, 3.05) is 49.7 Å². The minimum absolute atomic E-state index is 0. The summed E-state index contributed by atoms with van der Waals surface area (Å²) in [6.45, 7) is 5.93. The number of ether oxygens (including phenoxy) is 1. The summed E-state index contributed by atoms with van der Waals surface area (Å²) < 4.78 is 6.03. The van der Waals surface area contributed by atoms with Gasteiger partial charge in [0.1, 0.15) is 28.7 Å². The number of benzene rings is 1. The van der Waals surface area contributed by atoms with Crippen molar-refractivity contribution in [2.45, 2.75) is 6.92 Å². The van der Waals surface area contributed by atoms with E-state index in [9.17, 15) is 9.59 Å². The fourth-order valence-corrected chi connectivity index (χ4v) is 7.55. The van der Waals surface area contributed by atoms with Crippen molar-refractivity contribution in [3.05, 3.63) is 59.1 Å². The van der Waals surface area contributed by atoms with Crippen LogP contribution in [0.3, 0.4) is 0 Å². The van der Waals surface area contributed by atoms with Gasteiger partial charge in [-0.05, 0) is 53.8 Å². The van der Waals surface area contributed by atoms with Gasteiger partial charge in [0.15, 0.2) is 5.82 Å². The minimum atomic E-state index is -0.435. The first-order valence-electron chi connectivity index (χ1n) is 12.7. The lowest BCUT2D eigenvalue weighted by molar-refractivity contribution is -0.123. The van der Waals surface area contributed by atoms with Crippen LogP contribution in [0.25, 0.3) is 31.4 Å². The summed E-state index contributed by atoms with van der Waals surface area (Å²) in [4.78, 5) is 41.1. The number of amides is 2. The summed E-state index contributed by atoms with van der Waals surface area (Å²) in [6.07, 6.45) is 1.31. The molecule has 0 saturated carbocycles. The number of halogens is 1. The van der Waals surface area contributed by atoms with Gasteiger partial charge in [-0.3, -0.25) is 19.8 Å². The highest BCUT2D eigenvalue weighted by molar-refractivity contribution is 7.99. The second-order valence-electron chi connectivity index (χ2n) is 9.32. The molecule has 0 aliphatic carbocycles. The van der Waals surface area contributed by atoms with Crippen molar-refractivity contribution in [2.24, 2.45) is 0 Å². The Labute approximate surface area is 250 Å². The van der Waals surface area contributed by atoms with Crippen molar-refractivity contribution in [1.82, 2.24) is 20.2 Å². The highest BCUT2D eigenvalue weighted by Crippen LogP contribution is 2.43. The molecule has 1 saturated heterocycles. The van der Waals surface area contributed by atoms with Crippen LogP contribution in [0.15, 0.2) is 53.6 Å². The van der Waals surface area contributed by atoms with E-state index < -0.39 is 11.8 Å². The van der Waals surface area contributed by atoms with Crippen LogP contribution < -0.4 is 15.0 Å². The molecule has 2 aliphatic rings. The number of imide groups is 1. The summed E-state index contributed by atoms with van der Waals surface area (Å²) in [5, 5.41) is 5.18. The Hall–Kier alpha value is -2.96. The summed E-state index contributed by atoms with van der Waals surface area (Å²) in [7, 11) is 1.76. The molecule has 5 heterocycles. The third kappa shape index (κ3) is 5.75. The lowest BCUT2D eigenvalue weighted by Crippen LogP contribution is -2.35. The zero-order valence-corrected chi connectivity index (χ0v) is 25.3. The molecule has 8 nitrogen and oxygen atoms in total. The maximum Gasteiger partial charge on any atom is 0.274 e. The van der Waals surface area contributed by atoms with E-state index in [4.69, 9.17) is 14.7 Å². The topological polar surface area (TPSA) is 87.7 Å². The van der Waals surface area contributed by atoms with Crippen molar-refractivity contribution < 1.29 is 14.3 Å². The highest BCUT2D eigenvalue weighted by atomic mass is 35.5. The number of thiophene rings is 2. The number of fused-ring (bicyclic) bond motifs is 1. The quantitative estimate of drug-likeness (QED) is 0.271. The lowest BCUT2D eigenvalue weighted by Gasteiger charge is -2.25. The van der Waals surface area contributed by atoms with E-state index in [0.29, 0.717) is 18.2 Å². The molecule has 0 radical (unpaired) electrons. The van der Waals surface area contributed by atoms with Gasteiger partial charge in [0.2, 0.25) is 0 Å². The smallest absolute Gasteiger partial charge is 0.274 e. The van der Waals surface area contributed by atoms with Gasteiger partial charge in [-0.2, -0.15) is 11.8 Å². The fraction of sp³-hybridized carbons (Fsp3) is 0.286. The van der Waals surface area contributed by atoms with E-state index in [2.05, 4.69) is 29.3 Å². The Morgan fingerprint density at radius 1 is 1.10 bits per heavy atom. The SMILES string of the molecule is Cc1c(-c2ccc(OCCN3CCSCC3)cc2)sc2nc(-c3cccs3)nc(N(C)C3=CC(=O)NC3=O)c12.Cl. The molecule has 40 heavy (non-hydrogen) atoms. The molecule has 208 valence electrons. The molecule has 2 amide bonds. The van der Waals surface area contributed by atoms with Crippen LogP contribution in [0.1, 0.15) is 5.56 Å². The van der Waals surface area contributed by atoms with E-state index in [1.807, 2.05) is 41.4 Å². The number of hydrogen-bond acceptors (Lipinski definition) is 10. The van der Waals surface area contributed by atoms with Crippen LogP contribution in [0.4, 0.5) is 5.82 Å². The molecule has 4 aromatic rings. The van der Waals surface area contributed by atoms with Crippen molar-refractivity contribution in [3.63, 3.8) is 0 Å². The molecule has 6 rings (SSSR count). The molecule has 0 bridgehead atoms. The third-order valence-electron chi connectivity index (χ3n) is 6.83. The molecule has 1 fully saturated rings. The number of carbonyl (C=O) groups excluding carboxylic acids is 2. The summed E-state index contributed by atoms with van der Waals surface area (Å²) in [5.74, 6) is 3.57. The summed E-state index contributed by atoms with van der Waals surface area (Å²) >= 11 is 5.17. The average Bonchev–Trinajstić information content (AvgIpc) is 3.68. The van der Waals surface area contributed by atoms with Crippen LogP contribution in [-0.2, 0) is 9.59 Å². The van der Waals surface area contributed by atoms with Crippen LogP contribution >= 0.6 is 46.8 Å². The van der Waals surface area contributed by atoms with Gasteiger partial charge in [0.05, 0.1) is 10.3 Å². The largest absolute Gasteiger partial charge is 0.492 e. The van der Waals surface area contributed by atoms with E-state index >= 15 is 0 Å². The number of aromatic nitrogens is 2. The monoisotopic (exact) mass is 613 g/mol. The zero-order chi connectivity index (χ0) is 26.9. The van der Waals surface area contributed by atoms with Crippen molar-refractivity contribution in [1.29, 1.82) is 0 Å². The van der Waals surface area contributed by atoms with E-state index in [1.54, 1.807) is 34.6 Å². The number of thioether (sulfide) groups is 1. The second-order valence-corrected chi connectivity index (χ2v) is 12.5. The summed E-state index contributed by atoms with van der Waals surface area (Å²) in [6, 6.07) is 12.1. The maximum absolute atomic E-state index is 12.5. The normalized spacial score (nSPS) is 15.6. The van der Waals surface area contributed by atoms with Crippen LogP contribution in [0.2, 0.25) is 0 Å². The van der Waals surface area contributed by atoms with Crippen molar-refractivity contribution >= 4 is 74.7 Å². The number of carbonyl (C=O) groups is 2. The molecule has 0 atom stereocenters. The van der Waals surface area contributed by atoms with Gasteiger partial charge in [0.25, 0.3) is 11.8 Å². The number of nitrogens with zero attached hydrogens (tertiary/aromatic N) is 4. The number of aryl methyl sites for hydroxylation is 1. The first-order valence-corrected chi connectivity index (χ1v) is 15.5. The standard InChI is InChI=1S/C28H27N5O3S3.ClH/c1-17-23-26(32(2)20-16-22(34)29-27(20)35)30-25(21-4-3-13-38-21)31-28(23)39-24(17)18-5-7-19(8-6-18)36-12-9-33-10-14-37-15-11-33;/h3-8,13,16H,9-12,14-15H2,1-2H3,(H,29,34,35);1H. The molecule has 2 aliphatic heterocycles. The number of likely N-dealkylation sites (N-methyl/N-ethyl adjacent to an activating group) is 1. The molecular weight excluding hydrogens is 586 g/mol. The average molecular weight is 614 g/mol. The van der Waals surface area contributed by atoms with Crippen LogP contribution in [-0.4, -0.2) is 71.5 Å². The van der Waals surface area contributed by atoms with Crippen molar-refractivity contribution in [3.8, 4) is 26.9 Å². The molecule has 12 heteroatoms. The van der Waals surface area contributed by atoms with Gasteiger partial charge >= 0.3 is 0 Å². The minimum Gasteiger partial charge on any atom is -0.492 e.